The van der Waals surface area contributed by atoms with Crippen molar-refractivity contribution in [3.05, 3.63) is 0 Å². The summed E-state index contributed by atoms with van der Waals surface area (Å²) < 4.78 is 0. The van der Waals surface area contributed by atoms with Crippen LogP contribution in [0, 0.1) is 11.3 Å². The van der Waals surface area contributed by atoms with E-state index >= 15 is 0 Å². The van der Waals surface area contributed by atoms with Gasteiger partial charge in [-0.25, -0.2) is 0 Å². The first-order valence-corrected chi connectivity index (χ1v) is 5.87. The number of carboxylic acid groups (broad SMARTS) is 2. The zero-order valence-electron chi connectivity index (χ0n) is 12.3. The van der Waals surface area contributed by atoms with Gasteiger partial charge < -0.3 is 11.6 Å². The molecular formula is C12H23LiO4. The Kier molecular flexibility index (Phi) is 9.56. The fourth-order valence-corrected chi connectivity index (χ4v) is 1.98. The molecule has 1 atom stereocenters. The molecule has 0 amide bonds. The molecule has 0 rings (SSSR count). The number of hydrogen-bond acceptors (Lipinski definition) is 2. The zero-order valence-corrected chi connectivity index (χ0v) is 11.3. The van der Waals surface area contributed by atoms with E-state index in [1.54, 1.807) is 0 Å². The van der Waals surface area contributed by atoms with Gasteiger partial charge in [0.05, 0.1) is 0 Å². The summed E-state index contributed by atoms with van der Waals surface area (Å²) >= 11 is 0. The molecule has 0 radical (unpaired) electrons. The van der Waals surface area contributed by atoms with Crippen molar-refractivity contribution in [2.45, 2.75) is 52.9 Å². The topological polar surface area (TPSA) is 74.6 Å². The molecule has 2 N–H and O–H groups in total. The van der Waals surface area contributed by atoms with Gasteiger partial charge in [0.2, 0.25) is 0 Å². The fraction of sp³-hybridized carbons (Fsp3) is 0.833. The van der Waals surface area contributed by atoms with Gasteiger partial charge in [-0.15, -0.1) is 0 Å². The number of hydrogen-bond donors (Lipinski definition) is 2. The minimum absolute atomic E-state index is 0. The molecule has 4 nitrogen and oxygen atoms in total. The average molecular weight is 238 g/mol. The summed E-state index contributed by atoms with van der Waals surface area (Å²) in [5.41, 5.74) is -1.65. The molecular weight excluding hydrogens is 215 g/mol. The van der Waals surface area contributed by atoms with Crippen LogP contribution >= 0.6 is 0 Å². The van der Waals surface area contributed by atoms with Crippen molar-refractivity contribution in [3.63, 3.8) is 0 Å². The van der Waals surface area contributed by atoms with Gasteiger partial charge in [0.1, 0.15) is 0 Å². The van der Waals surface area contributed by atoms with E-state index in [-0.39, 0.29) is 26.2 Å². The quantitative estimate of drug-likeness (QED) is 0.351. The SMILES string of the molecule is CCCCCC(CC)C(C)(C(=O)O)C(=O)O.[H-].[Li+]. The molecule has 0 fully saturated rings. The second-order valence-electron chi connectivity index (χ2n) is 4.41. The Hall–Kier alpha value is -0.463. The first-order valence-electron chi connectivity index (χ1n) is 5.87. The summed E-state index contributed by atoms with van der Waals surface area (Å²) in [6, 6.07) is 0. The Balaban J connectivity index is -0.00000112. The molecule has 0 aromatic heterocycles. The molecule has 17 heavy (non-hydrogen) atoms. The summed E-state index contributed by atoms with van der Waals surface area (Å²) in [7, 11) is 0. The third kappa shape index (κ3) is 4.73. The maximum atomic E-state index is 11.1. The van der Waals surface area contributed by atoms with Crippen LogP contribution in [0.25, 0.3) is 0 Å². The second kappa shape index (κ2) is 8.60. The summed E-state index contributed by atoms with van der Waals surface area (Å²) in [5, 5.41) is 18.2. The molecule has 5 heteroatoms. The van der Waals surface area contributed by atoms with E-state index in [2.05, 4.69) is 6.92 Å². The van der Waals surface area contributed by atoms with Gasteiger partial charge in [0.15, 0.2) is 5.41 Å². The molecule has 0 bridgehead atoms. The molecule has 0 aromatic rings. The van der Waals surface area contributed by atoms with Gasteiger partial charge in [-0.1, -0.05) is 39.5 Å². The molecule has 0 spiro atoms. The summed E-state index contributed by atoms with van der Waals surface area (Å²) in [5.74, 6) is -2.76. The predicted molar refractivity (Wildman–Crippen MR) is 62.4 cm³/mol. The summed E-state index contributed by atoms with van der Waals surface area (Å²) in [4.78, 5) is 22.2. The maximum absolute atomic E-state index is 11.1. The largest absolute Gasteiger partial charge is 1.00 e. The van der Waals surface area contributed by atoms with Crippen molar-refractivity contribution in [1.82, 2.24) is 0 Å². The van der Waals surface area contributed by atoms with Crippen molar-refractivity contribution in [2.24, 2.45) is 11.3 Å². The summed E-state index contributed by atoms with van der Waals surface area (Å²) in [6.45, 7) is 5.23. The predicted octanol–water partition coefficient (Wildman–Crippen LogP) is -0.115. The molecule has 0 aromatic carbocycles. The number of carbonyl (C=O) groups is 2. The number of rotatable bonds is 8. The average Bonchev–Trinajstić information content (AvgIpc) is 2.23. The first-order chi connectivity index (χ1) is 7.41. The van der Waals surface area contributed by atoms with Crippen molar-refractivity contribution in [1.29, 1.82) is 0 Å². The van der Waals surface area contributed by atoms with Crippen LogP contribution in [-0.2, 0) is 9.59 Å². The van der Waals surface area contributed by atoms with Crippen LogP contribution in [0.4, 0.5) is 0 Å². The van der Waals surface area contributed by atoms with Crippen LogP contribution < -0.4 is 18.9 Å². The van der Waals surface area contributed by atoms with E-state index in [0.717, 1.165) is 19.3 Å². The summed E-state index contributed by atoms with van der Waals surface area (Å²) in [6.07, 6.45) is 4.21. The number of aliphatic carboxylic acids is 2. The van der Waals surface area contributed by atoms with Crippen LogP contribution in [-0.4, -0.2) is 22.2 Å². The van der Waals surface area contributed by atoms with Gasteiger partial charge in [-0.2, -0.15) is 0 Å². The third-order valence-corrected chi connectivity index (χ3v) is 3.35. The van der Waals surface area contributed by atoms with E-state index < -0.39 is 17.4 Å². The van der Waals surface area contributed by atoms with Gasteiger partial charge >= 0.3 is 30.8 Å². The van der Waals surface area contributed by atoms with E-state index in [4.69, 9.17) is 10.2 Å². The smallest absolute Gasteiger partial charge is 1.00 e. The van der Waals surface area contributed by atoms with Crippen molar-refractivity contribution in [2.75, 3.05) is 0 Å². The van der Waals surface area contributed by atoms with E-state index in [9.17, 15) is 9.59 Å². The molecule has 0 saturated heterocycles. The first kappa shape index (κ1) is 18.9. The molecule has 0 aliphatic carbocycles. The molecule has 0 aliphatic rings. The molecule has 0 saturated carbocycles. The van der Waals surface area contributed by atoms with Crippen LogP contribution in [0.1, 0.15) is 54.3 Å². The van der Waals surface area contributed by atoms with Crippen LogP contribution in [0.2, 0.25) is 0 Å². The molecule has 96 valence electrons. The molecule has 1 unspecified atom stereocenters. The van der Waals surface area contributed by atoms with Crippen molar-refractivity contribution in [3.8, 4) is 0 Å². The Labute approximate surface area is 116 Å². The Morgan fingerprint density at radius 2 is 1.65 bits per heavy atom. The standard InChI is InChI=1S/C12H22O4.Li.H/c1-4-6-7-8-9(5-2)12(3,10(13)14)11(15)16;;/h9H,4-8H2,1-3H3,(H,13,14)(H,15,16);;/q;+1;-1. The Morgan fingerprint density at radius 3 is 1.94 bits per heavy atom. The number of carboxylic acids is 2. The molecule has 0 aliphatic heterocycles. The van der Waals surface area contributed by atoms with Crippen molar-refractivity contribution < 1.29 is 40.1 Å². The van der Waals surface area contributed by atoms with Gasteiger partial charge in [0.25, 0.3) is 0 Å². The second-order valence-corrected chi connectivity index (χ2v) is 4.41. The van der Waals surface area contributed by atoms with Crippen LogP contribution in [0.15, 0.2) is 0 Å². The Bertz CT molecular complexity index is 244. The van der Waals surface area contributed by atoms with E-state index in [1.807, 2.05) is 6.92 Å². The minimum Gasteiger partial charge on any atom is -1.00 e. The van der Waals surface area contributed by atoms with E-state index in [0.29, 0.717) is 12.8 Å². The van der Waals surface area contributed by atoms with Crippen molar-refractivity contribution >= 4 is 11.9 Å². The number of unbranched alkanes of at least 4 members (excludes halogenated alkanes) is 2. The Morgan fingerprint density at radius 1 is 1.18 bits per heavy atom. The fourth-order valence-electron chi connectivity index (χ4n) is 1.98. The zero-order chi connectivity index (χ0) is 12.8. The van der Waals surface area contributed by atoms with Crippen LogP contribution in [0.5, 0.6) is 0 Å². The monoisotopic (exact) mass is 238 g/mol. The van der Waals surface area contributed by atoms with Gasteiger partial charge in [-0.3, -0.25) is 9.59 Å². The van der Waals surface area contributed by atoms with Gasteiger partial charge in [0, 0.05) is 0 Å². The van der Waals surface area contributed by atoms with E-state index in [1.165, 1.54) is 6.92 Å². The normalized spacial score (nSPS) is 12.6. The van der Waals surface area contributed by atoms with Crippen LogP contribution in [0.3, 0.4) is 0 Å². The maximum Gasteiger partial charge on any atom is 1.00 e. The van der Waals surface area contributed by atoms with Gasteiger partial charge in [-0.05, 0) is 19.3 Å². The molecule has 0 heterocycles. The minimum atomic E-state index is -1.65. The third-order valence-electron chi connectivity index (χ3n) is 3.35.